The number of hydrogen-bond donors (Lipinski definition) is 1. The number of amides is 1. The summed E-state index contributed by atoms with van der Waals surface area (Å²) in [4.78, 5) is 38.8. The molecule has 6 nitrogen and oxygen atoms in total. The molecule has 0 aliphatic heterocycles. The predicted octanol–water partition coefficient (Wildman–Crippen LogP) is 4.09. The van der Waals surface area contributed by atoms with Gasteiger partial charge >= 0.3 is 5.69 Å². The van der Waals surface area contributed by atoms with Crippen LogP contribution in [0.3, 0.4) is 0 Å². The molecule has 0 radical (unpaired) electrons. The Morgan fingerprint density at radius 3 is 2.55 bits per heavy atom. The summed E-state index contributed by atoms with van der Waals surface area (Å²) in [6, 6.07) is 8.77. The first-order valence-corrected chi connectivity index (χ1v) is 10.3. The molecule has 0 aliphatic carbocycles. The minimum atomic E-state index is -0.758. The third-order valence-corrected chi connectivity index (χ3v) is 5.88. The molecular weight excluding hydrogens is 448 g/mol. The smallest absolute Gasteiger partial charge is 0.323 e. The number of nitrogens with zero attached hydrogens (tertiary/aromatic N) is 2. The lowest BCUT2D eigenvalue weighted by molar-refractivity contribution is -0.116. The highest BCUT2D eigenvalue weighted by Crippen LogP contribution is 2.23. The Hall–Kier alpha value is -3.30. The number of aryl methyl sites for hydroxylation is 1. The molecule has 10 heteroatoms. The van der Waals surface area contributed by atoms with E-state index >= 15 is 0 Å². The van der Waals surface area contributed by atoms with Crippen LogP contribution in [-0.2, 0) is 11.3 Å². The Morgan fingerprint density at radius 1 is 1.10 bits per heavy atom. The third kappa shape index (κ3) is 3.89. The zero-order chi connectivity index (χ0) is 22.3. The highest BCUT2D eigenvalue weighted by molar-refractivity contribution is 7.17. The number of nitrogens with one attached hydrogen (secondary N) is 1. The van der Waals surface area contributed by atoms with Crippen LogP contribution in [0.4, 0.5) is 14.5 Å². The summed E-state index contributed by atoms with van der Waals surface area (Å²) in [6.45, 7) is 1.13. The van der Waals surface area contributed by atoms with Crippen LogP contribution in [0.5, 0.6) is 0 Å². The fourth-order valence-electron chi connectivity index (χ4n) is 3.25. The van der Waals surface area contributed by atoms with Gasteiger partial charge < -0.3 is 5.32 Å². The SMILES string of the molecule is Cc1cc(F)ccc1-n1c(=O)c2sccc2n(CC(=O)Nc2cc(F)ccc2Cl)c1=O. The van der Waals surface area contributed by atoms with Crippen molar-refractivity contribution < 1.29 is 13.6 Å². The van der Waals surface area contributed by atoms with Gasteiger partial charge in [-0.15, -0.1) is 11.3 Å². The van der Waals surface area contributed by atoms with E-state index in [1.54, 1.807) is 18.4 Å². The molecule has 0 saturated heterocycles. The summed E-state index contributed by atoms with van der Waals surface area (Å²) in [5.41, 5.74) is -0.368. The second-order valence-electron chi connectivity index (χ2n) is 6.75. The summed E-state index contributed by atoms with van der Waals surface area (Å²) in [7, 11) is 0. The lowest BCUT2D eigenvalue weighted by atomic mass is 10.2. The molecule has 0 atom stereocenters. The van der Waals surface area contributed by atoms with Crippen LogP contribution in [0.15, 0.2) is 57.4 Å². The average molecular weight is 462 g/mol. The van der Waals surface area contributed by atoms with Gasteiger partial charge in [-0.25, -0.2) is 18.1 Å². The standard InChI is InChI=1S/C21H14ClF2N3O3S/c1-11-8-12(23)3-5-16(11)27-20(29)19-17(6-7-31-19)26(21(27)30)10-18(28)25-15-9-13(24)2-4-14(15)22/h2-9H,10H2,1H3,(H,25,28). The van der Waals surface area contributed by atoms with E-state index in [4.69, 9.17) is 11.6 Å². The number of benzene rings is 2. The highest BCUT2D eigenvalue weighted by Gasteiger charge is 2.19. The van der Waals surface area contributed by atoms with E-state index < -0.39 is 35.3 Å². The van der Waals surface area contributed by atoms with Gasteiger partial charge in [-0.3, -0.25) is 14.2 Å². The van der Waals surface area contributed by atoms with E-state index in [0.717, 1.165) is 38.7 Å². The predicted molar refractivity (Wildman–Crippen MR) is 116 cm³/mol. The van der Waals surface area contributed by atoms with E-state index in [2.05, 4.69) is 5.32 Å². The van der Waals surface area contributed by atoms with Crippen molar-refractivity contribution in [3.8, 4) is 5.69 Å². The average Bonchev–Trinajstić information content (AvgIpc) is 3.20. The number of halogens is 3. The quantitative estimate of drug-likeness (QED) is 0.497. The molecular formula is C21H14ClF2N3O3S. The van der Waals surface area contributed by atoms with Crippen LogP contribution in [0, 0.1) is 18.6 Å². The van der Waals surface area contributed by atoms with Crippen LogP contribution in [0.1, 0.15) is 5.56 Å². The Bertz CT molecular complexity index is 1460. The van der Waals surface area contributed by atoms with Crippen molar-refractivity contribution in [3.05, 3.63) is 90.9 Å². The number of anilines is 1. The topological polar surface area (TPSA) is 73.1 Å². The molecule has 0 aliphatic rings. The molecule has 4 rings (SSSR count). The molecule has 31 heavy (non-hydrogen) atoms. The molecule has 0 unspecified atom stereocenters. The van der Waals surface area contributed by atoms with Gasteiger partial charge in [-0.2, -0.15) is 0 Å². The first-order valence-electron chi connectivity index (χ1n) is 9.01. The van der Waals surface area contributed by atoms with Gasteiger partial charge in [0.2, 0.25) is 5.91 Å². The lowest BCUT2D eigenvalue weighted by Gasteiger charge is -2.14. The maximum Gasteiger partial charge on any atom is 0.336 e. The molecule has 0 spiro atoms. The summed E-state index contributed by atoms with van der Waals surface area (Å²) < 4.78 is 29.3. The highest BCUT2D eigenvalue weighted by atomic mass is 35.5. The summed E-state index contributed by atoms with van der Waals surface area (Å²) in [6.07, 6.45) is 0. The van der Waals surface area contributed by atoms with Gasteiger partial charge in [0.1, 0.15) is 22.9 Å². The molecule has 158 valence electrons. The fourth-order valence-corrected chi connectivity index (χ4v) is 4.24. The third-order valence-electron chi connectivity index (χ3n) is 4.66. The van der Waals surface area contributed by atoms with Crippen LogP contribution in [0.2, 0.25) is 5.02 Å². The maximum atomic E-state index is 13.5. The van der Waals surface area contributed by atoms with Crippen molar-refractivity contribution in [2.75, 3.05) is 5.32 Å². The number of thiophene rings is 1. The van der Waals surface area contributed by atoms with Gasteiger partial charge in [-0.1, -0.05) is 11.6 Å². The Labute approximate surface area is 182 Å². The van der Waals surface area contributed by atoms with Gasteiger partial charge in [-0.05, 0) is 60.3 Å². The van der Waals surface area contributed by atoms with E-state index in [9.17, 15) is 23.2 Å². The van der Waals surface area contributed by atoms with Crippen molar-refractivity contribution in [2.24, 2.45) is 0 Å². The Kier molecular flexibility index (Phi) is 5.47. The number of fused-ring (bicyclic) bond motifs is 1. The molecule has 1 amide bonds. The number of rotatable bonds is 4. The second kappa shape index (κ2) is 8.09. The Morgan fingerprint density at radius 2 is 1.81 bits per heavy atom. The molecule has 0 fully saturated rings. The number of carbonyl (C=O) groups excluding carboxylic acids is 1. The van der Waals surface area contributed by atoms with E-state index in [-0.39, 0.29) is 26.6 Å². The van der Waals surface area contributed by atoms with Gasteiger partial charge in [0.25, 0.3) is 5.56 Å². The lowest BCUT2D eigenvalue weighted by Crippen LogP contribution is -2.40. The van der Waals surface area contributed by atoms with Crippen LogP contribution in [-0.4, -0.2) is 15.0 Å². The molecule has 1 N–H and O–H groups in total. The molecule has 0 saturated carbocycles. The molecule has 2 heterocycles. The maximum absolute atomic E-state index is 13.5. The minimum absolute atomic E-state index is 0.0592. The molecule has 4 aromatic rings. The zero-order valence-corrected chi connectivity index (χ0v) is 17.6. The van der Waals surface area contributed by atoms with E-state index in [1.807, 2.05) is 0 Å². The summed E-state index contributed by atoms with van der Waals surface area (Å²) in [5.74, 6) is -1.72. The second-order valence-corrected chi connectivity index (χ2v) is 8.07. The van der Waals surface area contributed by atoms with Crippen LogP contribution >= 0.6 is 22.9 Å². The normalized spacial score (nSPS) is 11.1. The molecule has 0 bridgehead atoms. The molecule has 2 aromatic heterocycles. The van der Waals surface area contributed by atoms with Crippen molar-refractivity contribution >= 4 is 44.7 Å². The summed E-state index contributed by atoms with van der Waals surface area (Å²) >= 11 is 7.10. The van der Waals surface area contributed by atoms with Gasteiger partial charge in [0.05, 0.1) is 21.9 Å². The largest absolute Gasteiger partial charge is 0.336 e. The number of aromatic nitrogens is 2. The summed E-state index contributed by atoms with van der Waals surface area (Å²) in [5, 5.41) is 4.24. The van der Waals surface area contributed by atoms with Crippen molar-refractivity contribution in [1.82, 2.24) is 9.13 Å². The zero-order valence-electron chi connectivity index (χ0n) is 16.0. The minimum Gasteiger partial charge on any atom is -0.323 e. The van der Waals surface area contributed by atoms with Crippen molar-refractivity contribution in [3.63, 3.8) is 0 Å². The Balaban J connectivity index is 1.82. The van der Waals surface area contributed by atoms with Crippen molar-refractivity contribution in [2.45, 2.75) is 13.5 Å². The fraction of sp³-hybridized carbons (Fsp3) is 0.0952. The first kappa shape index (κ1) is 21.0. The van der Waals surface area contributed by atoms with Crippen LogP contribution in [0.25, 0.3) is 15.9 Å². The monoisotopic (exact) mass is 461 g/mol. The van der Waals surface area contributed by atoms with Gasteiger partial charge in [0.15, 0.2) is 0 Å². The van der Waals surface area contributed by atoms with E-state index in [0.29, 0.717) is 5.56 Å². The number of carbonyl (C=O) groups is 1. The number of hydrogen-bond acceptors (Lipinski definition) is 4. The first-order chi connectivity index (χ1) is 14.8. The van der Waals surface area contributed by atoms with E-state index in [1.165, 1.54) is 18.2 Å². The molecule has 2 aromatic carbocycles. The van der Waals surface area contributed by atoms with Gasteiger partial charge in [0, 0.05) is 0 Å². The van der Waals surface area contributed by atoms with Crippen molar-refractivity contribution in [1.29, 1.82) is 0 Å². The van der Waals surface area contributed by atoms with Crippen LogP contribution < -0.4 is 16.6 Å².